The van der Waals surface area contributed by atoms with Crippen molar-refractivity contribution in [1.82, 2.24) is 10.2 Å². The third kappa shape index (κ3) is 6.61. The van der Waals surface area contributed by atoms with E-state index in [-0.39, 0.29) is 12.4 Å². The first-order valence-corrected chi connectivity index (χ1v) is 9.45. The van der Waals surface area contributed by atoms with Gasteiger partial charge in [-0.1, -0.05) is 30.3 Å². The lowest BCUT2D eigenvalue weighted by Gasteiger charge is -2.32. The Morgan fingerprint density at radius 3 is 2.44 bits per heavy atom. The summed E-state index contributed by atoms with van der Waals surface area (Å²) in [6.45, 7) is 4.61. The number of nitrogens with zero attached hydrogens (tertiary/aromatic N) is 1. The molecule has 4 nitrogen and oxygen atoms in total. The molecule has 140 valence electrons. The zero-order valence-corrected chi connectivity index (χ0v) is 15.8. The van der Waals surface area contributed by atoms with Crippen LogP contribution in [-0.4, -0.2) is 43.1 Å². The molecule has 2 heterocycles. The van der Waals surface area contributed by atoms with Gasteiger partial charge in [0, 0.05) is 19.5 Å². The van der Waals surface area contributed by atoms with E-state index in [1.54, 1.807) is 0 Å². The van der Waals surface area contributed by atoms with E-state index in [0.29, 0.717) is 18.6 Å². The molecule has 25 heavy (non-hydrogen) atoms. The van der Waals surface area contributed by atoms with Gasteiger partial charge in [0.05, 0.1) is 12.7 Å². The number of likely N-dealkylation sites (tertiary alicyclic amines) is 1. The molecule has 3 rings (SSSR count). The summed E-state index contributed by atoms with van der Waals surface area (Å²) in [7, 11) is 0. The van der Waals surface area contributed by atoms with E-state index in [2.05, 4.69) is 17.4 Å². The number of halogens is 1. The van der Waals surface area contributed by atoms with Crippen LogP contribution >= 0.6 is 12.4 Å². The molecule has 0 aliphatic carbocycles. The highest BCUT2D eigenvalue weighted by Gasteiger charge is 2.24. The Hall–Kier alpha value is -1.10. The highest BCUT2D eigenvalue weighted by molar-refractivity contribution is 5.85. The summed E-state index contributed by atoms with van der Waals surface area (Å²) in [6, 6.07) is 10.3. The summed E-state index contributed by atoms with van der Waals surface area (Å²) in [5, 5.41) is 3.39. The number of amides is 1. The molecule has 1 aromatic rings. The molecule has 0 radical (unpaired) electrons. The lowest BCUT2D eigenvalue weighted by molar-refractivity contribution is -0.134. The second-order valence-electron chi connectivity index (χ2n) is 7.11. The van der Waals surface area contributed by atoms with E-state index in [9.17, 15) is 4.79 Å². The van der Waals surface area contributed by atoms with Crippen molar-refractivity contribution >= 4 is 18.3 Å². The van der Waals surface area contributed by atoms with E-state index in [1.807, 2.05) is 23.1 Å². The highest BCUT2D eigenvalue weighted by Crippen LogP contribution is 2.20. The first-order valence-electron chi connectivity index (χ1n) is 9.45. The minimum absolute atomic E-state index is 0. The average molecular weight is 367 g/mol. The van der Waals surface area contributed by atoms with E-state index in [1.165, 1.54) is 18.4 Å². The minimum atomic E-state index is 0. The van der Waals surface area contributed by atoms with Crippen LogP contribution < -0.4 is 5.32 Å². The zero-order valence-electron chi connectivity index (χ0n) is 15.0. The standard InChI is InChI=1S/C20H30N2O2.ClH/c23-20(7-6-17-8-12-21-13-9-17)22-14-10-19(11-15-22)24-16-18-4-2-1-3-5-18;/h1-5,17,19,21H,6-16H2;1H. The molecule has 1 aromatic carbocycles. The molecule has 2 saturated heterocycles. The van der Waals surface area contributed by atoms with Gasteiger partial charge in [0.25, 0.3) is 0 Å². The Kier molecular flexibility index (Phi) is 8.73. The van der Waals surface area contributed by atoms with Crippen molar-refractivity contribution < 1.29 is 9.53 Å². The van der Waals surface area contributed by atoms with Gasteiger partial charge in [-0.2, -0.15) is 0 Å². The first kappa shape index (κ1) is 20.2. The molecule has 0 spiro atoms. The molecule has 0 bridgehead atoms. The number of carbonyl (C=O) groups excluding carboxylic acids is 1. The lowest BCUT2D eigenvalue weighted by Crippen LogP contribution is -2.41. The molecule has 2 fully saturated rings. The molecule has 2 aliphatic heterocycles. The largest absolute Gasteiger partial charge is 0.373 e. The van der Waals surface area contributed by atoms with Crippen LogP contribution in [0.5, 0.6) is 0 Å². The van der Waals surface area contributed by atoms with Gasteiger partial charge in [-0.05, 0) is 56.7 Å². The zero-order chi connectivity index (χ0) is 16.6. The molecular weight excluding hydrogens is 336 g/mol. The molecule has 1 amide bonds. The van der Waals surface area contributed by atoms with Gasteiger partial charge in [0.15, 0.2) is 0 Å². The van der Waals surface area contributed by atoms with Crippen molar-refractivity contribution in [1.29, 1.82) is 0 Å². The fourth-order valence-corrected chi connectivity index (χ4v) is 3.72. The first-order chi connectivity index (χ1) is 11.8. The van der Waals surface area contributed by atoms with Crippen molar-refractivity contribution in [3.63, 3.8) is 0 Å². The topological polar surface area (TPSA) is 41.6 Å². The molecule has 2 aliphatic rings. The average Bonchev–Trinajstić information content (AvgIpc) is 2.66. The van der Waals surface area contributed by atoms with Crippen molar-refractivity contribution in [2.45, 2.75) is 51.2 Å². The molecule has 0 unspecified atom stereocenters. The van der Waals surface area contributed by atoms with Crippen LogP contribution in [0.3, 0.4) is 0 Å². The minimum Gasteiger partial charge on any atom is -0.373 e. The predicted molar refractivity (Wildman–Crippen MR) is 103 cm³/mol. The van der Waals surface area contributed by atoms with Crippen LogP contribution in [0.15, 0.2) is 30.3 Å². The summed E-state index contributed by atoms with van der Waals surface area (Å²) in [4.78, 5) is 14.4. The fourth-order valence-electron chi connectivity index (χ4n) is 3.72. The third-order valence-electron chi connectivity index (χ3n) is 5.35. The number of carbonyl (C=O) groups is 1. The van der Waals surface area contributed by atoms with Crippen LogP contribution in [0.2, 0.25) is 0 Å². The van der Waals surface area contributed by atoms with Crippen molar-refractivity contribution in [2.24, 2.45) is 5.92 Å². The Balaban J connectivity index is 0.00000225. The molecule has 1 N–H and O–H groups in total. The molecule has 0 aromatic heterocycles. The number of benzene rings is 1. The predicted octanol–water partition coefficient (Wildman–Crippen LogP) is 3.40. The Bertz CT molecular complexity index is 498. The maximum absolute atomic E-state index is 12.4. The second kappa shape index (κ2) is 10.8. The van der Waals surface area contributed by atoms with Gasteiger partial charge in [-0.3, -0.25) is 4.79 Å². The third-order valence-corrected chi connectivity index (χ3v) is 5.35. The maximum Gasteiger partial charge on any atom is 0.222 e. The van der Waals surface area contributed by atoms with E-state index in [0.717, 1.165) is 57.8 Å². The van der Waals surface area contributed by atoms with E-state index >= 15 is 0 Å². The number of piperidine rings is 2. The Morgan fingerprint density at radius 2 is 1.76 bits per heavy atom. The van der Waals surface area contributed by atoms with Gasteiger partial charge in [0.2, 0.25) is 5.91 Å². The van der Waals surface area contributed by atoms with Crippen molar-refractivity contribution in [3.05, 3.63) is 35.9 Å². The SMILES string of the molecule is Cl.O=C(CCC1CCNCC1)N1CCC(OCc2ccccc2)CC1. The van der Waals surface area contributed by atoms with E-state index in [4.69, 9.17) is 4.74 Å². The Labute approximate surface area is 157 Å². The molecule has 0 saturated carbocycles. The molecule has 5 heteroatoms. The summed E-state index contributed by atoms with van der Waals surface area (Å²) in [5.74, 6) is 1.08. The van der Waals surface area contributed by atoms with Crippen LogP contribution in [0, 0.1) is 5.92 Å². The lowest BCUT2D eigenvalue weighted by atomic mass is 9.93. The quantitative estimate of drug-likeness (QED) is 0.839. The second-order valence-corrected chi connectivity index (χ2v) is 7.11. The van der Waals surface area contributed by atoms with Crippen LogP contribution in [0.1, 0.15) is 44.1 Å². The molecular formula is C20H31ClN2O2. The van der Waals surface area contributed by atoms with Gasteiger partial charge in [-0.25, -0.2) is 0 Å². The summed E-state index contributed by atoms with van der Waals surface area (Å²) in [5.41, 5.74) is 1.22. The number of hydrogen-bond donors (Lipinski definition) is 1. The van der Waals surface area contributed by atoms with Crippen LogP contribution in [-0.2, 0) is 16.1 Å². The van der Waals surface area contributed by atoms with E-state index < -0.39 is 0 Å². The number of ether oxygens (including phenoxy) is 1. The smallest absolute Gasteiger partial charge is 0.222 e. The summed E-state index contributed by atoms with van der Waals surface area (Å²) >= 11 is 0. The number of rotatable bonds is 6. The van der Waals surface area contributed by atoms with Gasteiger partial charge < -0.3 is 15.0 Å². The van der Waals surface area contributed by atoms with Crippen molar-refractivity contribution in [3.8, 4) is 0 Å². The fraction of sp³-hybridized carbons (Fsp3) is 0.650. The van der Waals surface area contributed by atoms with Gasteiger partial charge in [0.1, 0.15) is 0 Å². The number of hydrogen-bond acceptors (Lipinski definition) is 3. The maximum atomic E-state index is 12.4. The van der Waals surface area contributed by atoms with Crippen LogP contribution in [0.25, 0.3) is 0 Å². The van der Waals surface area contributed by atoms with Crippen molar-refractivity contribution in [2.75, 3.05) is 26.2 Å². The number of nitrogens with one attached hydrogen (secondary N) is 1. The molecule has 0 atom stereocenters. The van der Waals surface area contributed by atoms with Gasteiger partial charge in [-0.15, -0.1) is 12.4 Å². The van der Waals surface area contributed by atoms with Crippen LogP contribution in [0.4, 0.5) is 0 Å². The highest BCUT2D eigenvalue weighted by atomic mass is 35.5. The summed E-state index contributed by atoms with van der Waals surface area (Å²) in [6.07, 6.45) is 6.45. The normalized spacial score (nSPS) is 19.4. The summed E-state index contributed by atoms with van der Waals surface area (Å²) < 4.78 is 6.01. The Morgan fingerprint density at radius 1 is 1.08 bits per heavy atom. The monoisotopic (exact) mass is 366 g/mol. The van der Waals surface area contributed by atoms with Gasteiger partial charge >= 0.3 is 0 Å².